The molecule has 0 radical (unpaired) electrons. The Morgan fingerprint density at radius 3 is 1.37 bits per heavy atom. The third-order valence-electron chi connectivity index (χ3n) is 16.4. The van der Waals surface area contributed by atoms with Crippen LogP contribution >= 0.6 is 0 Å². The Hall–Kier alpha value is -7.50. The lowest BCUT2D eigenvalue weighted by Gasteiger charge is -2.20. The second-order valence-corrected chi connectivity index (χ2v) is 24.1. The second-order valence-electron chi connectivity index (χ2n) is 24.1. The number of benzene rings is 8. The fourth-order valence-electron chi connectivity index (χ4n) is 11.7. The summed E-state index contributed by atoms with van der Waals surface area (Å²) in [5.74, 6) is 1.19. The molecule has 8 aromatic carbocycles. The number of aldehydes is 1. The van der Waals surface area contributed by atoms with Crippen LogP contribution in [-0.4, -0.2) is 102 Å². The highest BCUT2D eigenvalue weighted by Gasteiger charge is 2.34. The summed E-state index contributed by atoms with van der Waals surface area (Å²) >= 11 is 0. The lowest BCUT2D eigenvalue weighted by atomic mass is 9.87. The molecule has 9 nitrogen and oxygen atoms in total. The van der Waals surface area contributed by atoms with Gasteiger partial charge < -0.3 is 21.3 Å². The van der Waals surface area contributed by atoms with E-state index in [0.29, 0.717) is 81.4 Å². The number of ketones is 1. The quantitative estimate of drug-likeness (QED) is 0.0741. The van der Waals surface area contributed by atoms with Gasteiger partial charge in [0, 0.05) is 70.4 Å². The highest BCUT2D eigenvalue weighted by molar-refractivity contribution is 5.87. The monoisotopic (exact) mass is 1320 g/mol. The van der Waals surface area contributed by atoms with Crippen LogP contribution in [0.3, 0.4) is 0 Å². The van der Waals surface area contributed by atoms with Crippen LogP contribution in [0, 0.1) is 5.92 Å². The molecular weight excluding hydrogens is 1240 g/mol. The summed E-state index contributed by atoms with van der Waals surface area (Å²) in [6.45, 7) is 11.7. The number of carbonyl (C=O) groups is 2. The van der Waals surface area contributed by atoms with Crippen LogP contribution < -0.4 is 11.1 Å². The van der Waals surface area contributed by atoms with Gasteiger partial charge in [0.25, 0.3) is 0 Å². The van der Waals surface area contributed by atoms with Crippen LogP contribution in [0.25, 0.3) is 21.5 Å². The molecule has 4 aliphatic rings. The number of nitrogens with one attached hydrogen (secondary N) is 1. The number of alkyl halides is 12. The van der Waals surface area contributed by atoms with Gasteiger partial charge in [-0.2, -0.15) is 52.7 Å². The molecule has 4 fully saturated rings. The van der Waals surface area contributed by atoms with Gasteiger partial charge in [0.1, 0.15) is 12.1 Å². The Bertz CT molecular complexity index is 3670. The van der Waals surface area contributed by atoms with Crippen LogP contribution in [0.15, 0.2) is 182 Å². The minimum absolute atomic E-state index is 0.0322. The minimum atomic E-state index is -4.38. The van der Waals surface area contributed by atoms with Crippen LogP contribution in [0.5, 0.6) is 0 Å². The number of nitrogens with two attached hydrogens (primary N) is 1. The molecule has 5 N–H and O–H groups in total. The molecule has 0 amide bonds. The number of hydrogen-bond donors (Lipinski definition) is 4. The number of Topliss-reactive ketones (excluding diaryl/α,β-unsaturated/α-hetero) is 1. The van der Waals surface area contributed by atoms with Gasteiger partial charge in [-0.1, -0.05) is 159 Å². The molecule has 8 aromatic rings. The SMILES string of the molecule is C[C@@H](CC1CCN(Cc2cccc(C(F)(F)F)c2)C1)c1cccc2ccccc12.C[C@@H](N)c1cccc2ccccc12.O=C1CCN(Cc2cccc(C(F)(F)F)c2)C1.O=Cc1cccc(C(F)(F)F)c1.OC1CCN(Cc2cccc(C(F)(F)F)c2)C1.OC1CCNC1. The third-order valence-corrected chi connectivity index (χ3v) is 16.4. The largest absolute Gasteiger partial charge is 0.416 e. The summed E-state index contributed by atoms with van der Waals surface area (Å²) in [7, 11) is 0. The Balaban J connectivity index is 0.000000168. The van der Waals surface area contributed by atoms with Crippen molar-refractivity contribution in [3.63, 3.8) is 0 Å². The van der Waals surface area contributed by atoms with Crippen molar-refractivity contribution >= 4 is 33.6 Å². The summed E-state index contributed by atoms with van der Waals surface area (Å²) < 4.78 is 150. The number of aliphatic hydroxyl groups excluding tert-OH is 2. The van der Waals surface area contributed by atoms with Gasteiger partial charge >= 0.3 is 24.7 Å². The maximum Gasteiger partial charge on any atom is 0.416 e. The molecule has 12 rings (SSSR count). The third kappa shape index (κ3) is 23.5. The van der Waals surface area contributed by atoms with Gasteiger partial charge in [-0.15, -0.1) is 0 Å². The van der Waals surface area contributed by atoms with Crippen molar-refractivity contribution in [3.8, 4) is 0 Å². The van der Waals surface area contributed by atoms with Crippen molar-refractivity contribution in [2.24, 2.45) is 11.7 Å². The van der Waals surface area contributed by atoms with E-state index >= 15 is 0 Å². The zero-order valence-electron chi connectivity index (χ0n) is 52.3. The fourth-order valence-corrected chi connectivity index (χ4v) is 11.7. The first kappa shape index (κ1) is 73.9. The van der Waals surface area contributed by atoms with Crippen molar-refractivity contribution in [1.82, 2.24) is 20.0 Å². The molecule has 0 bridgehead atoms. The molecule has 0 spiro atoms. The van der Waals surface area contributed by atoms with E-state index in [9.17, 15) is 67.4 Å². The van der Waals surface area contributed by atoms with E-state index in [1.807, 2.05) is 28.9 Å². The van der Waals surface area contributed by atoms with Gasteiger partial charge in [0.05, 0.1) is 41.0 Å². The standard InChI is InChI=1S/C25H26F3N.C12H14F3NO.C12H12F3NO.C12H13N.C8H5F3O.C4H9NO/c1-18(23-11-5-8-21-7-2-3-10-24(21)23)14-20-12-13-29(17-20)16-19-6-4-9-22(15-19)25(26,27)28;2*13-12(14,15)10-3-1-2-9(6-10)7-16-5-4-11(17)8-16;1-9(13)11-8-4-6-10-5-2-3-7-12(10)11;9-8(10,11)7-3-1-2-6(4-7)5-12;6-4-1-2-5-3-4/h2-11,15,18,20H,12-14,16-17H2,1H3;1-3,6,11,17H,4-5,7-8H2;1-3,6H,4-5,7-8H2;2-9H,13H2,1H3;1-5H;4-6H,1-3H2/t18-,20?;;;9-;;/m0..1../s1. The van der Waals surface area contributed by atoms with Crippen LogP contribution in [0.4, 0.5) is 52.7 Å². The molecule has 4 heterocycles. The zero-order valence-corrected chi connectivity index (χ0v) is 52.3. The van der Waals surface area contributed by atoms with Gasteiger partial charge in [-0.05, 0) is 137 Å². The number of hydrogen-bond acceptors (Lipinski definition) is 9. The molecule has 94 heavy (non-hydrogen) atoms. The van der Waals surface area contributed by atoms with Crippen molar-refractivity contribution in [1.29, 1.82) is 0 Å². The van der Waals surface area contributed by atoms with E-state index in [1.54, 1.807) is 18.2 Å². The minimum Gasteiger partial charge on any atom is -0.392 e. The van der Waals surface area contributed by atoms with E-state index in [1.165, 1.54) is 75.1 Å². The first-order chi connectivity index (χ1) is 44.5. The zero-order chi connectivity index (χ0) is 68.2. The smallest absolute Gasteiger partial charge is 0.392 e. The van der Waals surface area contributed by atoms with Crippen LogP contribution in [-0.2, 0) is 49.1 Å². The second kappa shape index (κ2) is 34.3. The van der Waals surface area contributed by atoms with Gasteiger partial charge in [-0.25, -0.2) is 0 Å². The number of aliphatic hydroxyl groups is 2. The van der Waals surface area contributed by atoms with E-state index in [-0.39, 0.29) is 29.6 Å². The molecule has 5 atom stereocenters. The Morgan fingerprint density at radius 2 is 0.947 bits per heavy atom. The van der Waals surface area contributed by atoms with E-state index in [0.717, 1.165) is 93.9 Å². The number of fused-ring (bicyclic) bond motifs is 2. The molecule has 21 heteroatoms. The number of halogens is 12. The molecule has 4 aliphatic heterocycles. The molecule has 504 valence electrons. The molecular formula is C73H79F12N5O4. The highest BCUT2D eigenvalue weighted by atomic mass is 19.4. The number of likely N-dealkylation sites (tertiary alicyclic amines) is 3. The van der Waals surface area contributed by atoms with E-state index in [4.69, 9.17) is 10.8 Å². The van der Waals surface area contributed by atoms with Crippen molar-refractivity contribution in [2.45, 2.75) is 114 Å². The maximum absolute atomic E-state index is 12.9. The lowest BCUT2D eigenvalue weighted by molar-refractivity contribution is -0.138. The first-order valence-electron chi connectivity index (χ1n) is 31.1. The van der Waals surface area contributed by atoms with Gasteiger partial charge in [0.15, 0.2) is 0 Å². The summed E-state index contributed by atoms with van der Waals surface area (Å²) in [6.07, 6.45) is -13.0. The van der Waals surface area contributed by atoms with Crippen molar-refractivity contribution < 1.29 is 72.5 Å². The van der Waals surface area contributed by atoms with E-state index < -0.39 is 47.0 Å². The summed E-state index contributed by atoms with van der Waals surface area (Å²) in [4.78, 5) is 27.3. The Kier molecular flexibility index (Phi) is 26.9. The predicted molar refractivity (Wildman–Crippen MR) is 342 cm³/mol. The molecule has 0 aliphatic carbocycles. The first-order valence-corrected chi connectivity index (χ1v) is 31.1. The summed E-state index contributed by atoms with van der Waals surface area (Å²) in [5.41, 5.74) is 7.87. The normalized spacial score (nSPS) is 18.5. The Morgan fingerprint density at radius 1 is 0.511 bits per heavy atom. The summed E-state index contributed by atoms with van der Waals surface area (Å²) in [6, 6.07) is 50.3. The van der Waals surface area contributed by atoms with E-state index in [2.05, 4.69) is 89.9 Å². The topological polar surface area (TPSA) is 122 Å². The summed E-state index contributed by atoms with van der Waals surface area (Å²) in [5, 5.41) is 26.1. The average molecular weight is 1320 g/mol. The number of nitrogens with zero attached hydrogens (tertiary/aromatic N) is 3. The molecule has 3 unspecified atom stereocenters. The molecule has 4 saturated heterocycles. The maximum atomic E-state index is 12.9. The van der Waals surface area contributed by atoms with Crippen LogP contribution in [0.1, 0.15) is 118 Å². The fraction of sp³-hybridized carbons (Fsp3) is 0.370. The molecule has 0 aromatic heterocycles. The Labute approximate surface area is 540 Å². The highest BCUT2D eigenvalue weighted by Crippen LogP contribution is 2.36. The number of rotatable bonds is 11. The predicted octanol–water partition coefficient (Wildman–Crippen LogP) is 16.3. The average Bonchev–Trinajstić information content (AvgIpc) is 3.08. The van der Waals surface area contributed by atoms with Gasteiger partial charge in [-0.3, -0.25) is 24.3 Å². The lowest BCUT2D eigenvalue weighted by Crippen LogP contribution is -2.21. The van der Waals surface area contributed by atoms with Crippen LogP contribution in [0.2, 0.25) is 0 Å². The van der Waals surface area contributed by atoms with Crippen molar-refractivity contribution in [2.75, 3.05) is 52.4 Å². The van der Waals surface area contributed by atoms with Gasteiger partial charge in [0.2, 0.25) is 0 Å². The number of carbonyl (C=O) groups excluding carboxylic acids is 2. The number of β-amino-alcohol motifs (C(OH)–C–C–N with tert-alkyl or cyclic N) is 2. The molecule has 0 saturated carbocycles. The van der Waals surface area contributed by atoms with Crippen molar-refractivity contribution in [3.05, 3.63) is 238 Å².